The molecule has 0 N–H and O–H groups in total. The Morgan fingerprint density at radius 2 is 1.37 bits per heavy atom. The van der Waals surface area contributed by atoms with E-state index in [-0.39, 0.29) is 28.4 Å². The van der Waals surface area contributed by atoms with Crippen LogP contribution in [0.5, 0.6) is 0 Å². The van der Waals surface area contributed by atoms with Crippen LogP contribution in [0.2, 0.25) is 0 Å². The lowest BCUT2D eigenvalue weighted by Gasteiger charge is -2.08. The fourth-order valence-electron chi connectivity index (χ4n) is 3.24. The minimum Gasteiger partial charge on any atom is -0.368 e. The second-order valence-electron chi connectivity index (χ2n) is 6.98. The van der Waals surface area contributed by atoms with Crippen molar-refractivity contribution in [2.45, 2.75) is 13.0 Å². The summed E-state index contributed by atoms with van der Waals surface area (Å²) in [6.45, 7) is 2.13. The minimum atomic E-state index is -0.921. The summed E-state index contributed by atoms with van der Waals surface area (Å²) in [5.74, 6) is -3.62. The summed E-state index contributed by atoms with van der Waals surface area (Å²) in [5.41, 5.74) is 1.91. The van der Waals surface area contributed by atoms with E-state index in [0.29, 0.717) is 17.7 Å². The van der Waals surface area contributed by atoms with Crippen molar-refractivity contribution in [2.75, 3.05) is 6.61 Å². The predicted octanol–water partition coefficient (Wildman–Crippen LogP) is 7.18. The molecule has 0 aliphatic carbocycles. The lowest BCUT2D eigenvalue weighted by atomic mass is 10.00. The molecule has 1 unspecified atom stereocenters. The van der Waals surface area contributed by atoms with Gasteiger partial charge in [0.2, 0.25) is 0 Å². The molecule has 4 rings (SSSR count). The number of hydrogen-bond donors (Lipinski definition) is 0. The molecule has 1 nitrogen and oxygen atoms in total. The van der Waals surface area contributed by atoms with E-state index in [1.165, 1.54) is 36.4 Å². The maximum absolute atomic E-state index is 14.4. The summed E-state index contributed by atoms with van der Waals surface area (Å²) in [6.07, 6.45) is 5.87. The Hall–Kier alpha value is -3.18. The van der Waals surface area contributed by atoms with Crippen molar-refractivity contribution in [3.63, 3.8) is 0 Å². The quantitative estimate of drug-likeness (QED) is 0.246. The monoisotopic (exact) mass is 410 g/mol. The van der Waals surface area contributed by atoms with Crippen LogP contribution >= 0.6 is 0 Å². The maximum atomic E-state index is 14.4. The molecular formula is C25H18F4O. The summed E-state index contributed by atoms with van der Waals surface area (Å²) in [4.78, 5) is 0. The fraction of sp³-hybridized carbons (Fsp3) is 0.120. The van der Waals surface area contributed by atoms with Crippen LogP contribution in [-0.4, -0.2) is 6.61 Å². The normalized spacial score (nSPS) is 16.0. The zero-order chi connectivity index (χ0) is 21.3. The fourth-order valence-corrected chi connectivity index (χ4v) is 3.24. The van der Waals surface area contributed by atoms with Gasteiger partial charge in [-0.2, -0.15) is 0 Å². The van der Waals surface area contributed by atoms with Gasteiger partial charge in [-0.1, -0.05) is 72.8 Å². The van der Waals surface area contributed by atoms with E-state index in [0.717, 1.165) is 0 Å². The van der Waals surface area contributed by atoms with Gasteiger partial charge in [0.05, 0.1) is 6.61 Å². The summed E-state index contributed by atoms with van der Waals surface area (Å²) in [5, 5.41) is 0. The van der Waals surface area contributed by atoms with E-state index < -0.39 is 23.3 Å². The Morgan fingerprint density at radius 3 is 1.97 bits per heavy atom. The van der Waals surface area contributed by atoms with Crippen molar-refractivity contribution in [1.29, 1.82) is 0 Å². The van der Waals surface area contributed by atoms with Crippen molar-refractivity contribution in [2.24, 2.45) is 0 Å². The average Bonchev–Trinajstić information content (AvgIpc) is 3.59. The smallest absolute Gasteiger partial charge is 0.167 e. The van der Waals surface area contributed by atoms with Gasteiger partial charge in [0.25, 0.3) is 0 Å². The number of rotatable bonds is 5. The van der Waals surface area contributed by atoms with E-state index in [1.807, 2.05) is 0 Å². The van der Waals surface area contributed by atoms with Gasteiger partial charge in [0.15, 0.2) is 23.3 Å². The van der Waals surface area contributed by atoms with Crippen LogP contribution < -0.4 is 0 Å². The van der Waals surface area contributed by atoms with Crippen molar-refractivity contribution in [1.82, 2.24) is 0 Å². The highest BCUT2D eigenvalue weighted by Crippen LogP contribution is 2.35. The molecule has 0 spiro atoms. The first-order chi connectivity index (χ1) is 14.5. The number of ether oxygens (including phenoxy) is 1. The van der Waals surface area contributed by atoms with E-state index in [4.69, 9.17) is 4.74 Å². The molecule has 0 radical (unpaired) electrons. The first-order valence-electron chi connectivity index (χ1n) is 9.48. The van der Waals surface area contributed by atoms with Gasteiger partial charge in [0.1, 0.15) is 6.10 Å². The van der Waals surface area contributed by atoms with Crippen LogP contribution in [0.15, 0.2) is 54.6 Å². The van der Waals surface area contributed by atoms with Gasteiger partial charge in [-0.3, -0.25) is 0 Å². The predicted molar refractivity (Wildman–Crippen MR) is 110 cm³/mol. The topological polar surface area (TPSA) is 12.5 Å². The molecule has 1 aliphatic rings. The van der Waals surface area contributed by atoms with Gasteiger partial charge in [-0.15, -0.1) is 0 Å². The summed E-state index contributed by atoms with van der Waals surface area (Å²) in [7, 11) is 0. The van der Waals surface area contributed by atoms with Crippen molar-refractivity contribution >= 4 is 18.2 Å². The van der Waals surface area contributed by atoms with Gasteiger partial charge in [0, 0.05) is 22.3 Å². The molecule has 0 saturated carbocycles. The highest BCUT2D eigenvalue weighted by Gasteiger charge is 2.30. The van der Waals surface area contributed by atoms with Crippen LogP contribution in [-0.2, 0) is 4.74 Å². The lowest BCUT2D eigenvalue weighted by molar-refractivity contribution is 0.401. The molecule has 1 heterocycles. The molecule has 0 amide bonds. The SMILES string of the molecule is C/C=C/c1ccc(/C=C/c2ccc(-c3ccc(C4CO4)c(F)c3F)cc2)c(F)c1F. The molecule has 1 aliphatic heterocycles. The second-order valence-corrected chi connectivity index (χ2v) is 6.98. The van der Waals surface area contributed by atoms with Crippen molar-refractivity contribution < 1.29 is 22.3 Å². The zero-order valence-electron chi connectivity index (χ0n) is 16.1. The number of epoxide rings is 1. The molecule has 3 aromatic carbocycles. The first kappa shape index (κ1) is 20.1. The third kappa shape index (κ3) is 3.94. The van der Waals surface area contributed by atoms with Crippen molar-refractivity contribution in [3.8, 4) is 11.1 Å². The molecule has 30 heavy (non-hydrogen) atoms. The van der Waals surface area contributed by atoms with Gasteiger partial charge in [-0.05, 0) is 18.1 Å². The Kier molecular flexibility index (Phi) is 5.55. The minimum absolute atomic E-state index is 0.121. The van der Waals surface area contributed by atoms with Crippen LogP contribution in [0.4, 0.5) is 17.6 Å². The summed E-state index contributed by atoms with van der Waals surface area (Å²) in [6, 6.07) is 12.8. The summed E-state index contributed by atoms with van der Waals surface area (Å²) < 4.78 is 61.9. The molecule has 1 fully saturated rings. The highest BCUT2D eigenvalue weighted by molar-refractivity contribution is 5.73. The molecule has 1 atom stereocenters. The average molecular weight is 410 g/mol. The number of halogens is 4. The van der Waals surface area contributed by atoms with E-state index in [1.54, 1.807) is 43.3 Å². The van der Waals surface area contributed by atoms with Gasteiger partial charge < -0.3 is 4.74 Å². The van der Waals surface area contributed by atoms with Crippen molar-refractivity contribution in [3.05, 3.63) is 100 Å². The molecule has 0 bridgehead atoms. The standard InChI is InChI=1S/C25H18F4O/c1-2-3-17-10-11-18(23(27)22(17)26)9-6-15-4-7-16(8-5-15)19-12-13-20(21-14-30-21)25(29)24(19)28/h2-13,21H,14H2,1H3/b3-2+,9-6+. The van der Waals surface area contributed by atoms with Crippen LogP contribution in [0.25, 0.3) is 29.4 Å². The first-order valence-corrected chi connectivity index (χ1v) is 9.48. The molecule has 3 aromatic rings. The van der Waals surface area contributed by atoms with E-state index in [2.05, 4.69) is 0 Å². The maximum Gasteiger partial charge on any atom is 0.167 e. The third-order valence-electron chi connectivity index (χ3n) is 4.96. The number of hydrogen-bond acceptors (Lipinski definition) is 1. The van der Waals surface area contributed by atoms with Crippen LogP contribution in [0, 0.1) is 23.3 Å². The Labute approximate surface area is 171 Å². The Bertz CT molecular complexity index is 1140. The van der Waals surface area contributed by atoms with E-state index in [9.17, 15) is 17.6 Å². The zero-order valence-corrected chi connectivity index (χ0v) is 16.1. The van der Waals surface area contributed by atoms with E-state index >= 15 is 0 Å². The summed E-state index contributed by atoms with van der Waals surface area (Å²) >= 11 is 0. The third-order valence-corrected chi connectivity index (χ3v) is 4.96. The Morgan fingerprint density at radius 1 is 0.733 bits per heavy atom. The molecule has 0 aromatic heterocycles. The highest BCUT2D eigenvalue weighted by atomic mass is 19.2. The van der Waals surface area contributed by atoms with Crippen LogP contribution in [0.3, 0.4) is 0 Å². The molecule has 1 saturated heterocycles. The molecule has 5 heteroatoms. The van der Waals surface area contributed by atoms with Gasteiger partial charge >= 0.3 is 0 Å². The molecule has 152 valence electrons. The van der Waals surface area contributed by atoms with Crippen LogP contribution in [0.1, 0.15) is 35.3 Å². The number of benzene rings is 3. The largest absolute Gasteiger partial charge is 0.368 e. The molecular weight excluding hydrogens is 392 g/mol. The number of allylic oxidation sites excluding steroid dienone is 1. The Balaban J connectivity index is 1.56. The lowest BCUT2D eigenvalue weighted by Crippen LogP contribution is -1.96. The van der Waals surface area contributed by atoms with Gasteiger partial charge in [-0.25, -0.2) is 17.6 Å². The second kappa shape index (κ2) is 8.28.